The number of rotatable bonds is 5. The zero-order valence-electron chi connectivity index (χ0n) is 20.9. The fraction of sp³-hybridized carbons (Fsp3) is 0.483. The molecule has 184 valence electrons. The van der Waals surface area contributed by atoms with Gasteiger partial charge in [0.2, 0.25) is 0 Å². The van der Waals surface area contributed by atoms with Crippen LogP contribution in [0.1, 0.15) is 73.9 Å². The normalized spacial score (nSPS) is 26.9. The Morgan fingerprint density at radius 1 is 1.09 bits per heavy atom. The summed E-state index contributed by atoms with van der Waals surface area (Å²) in [6.07, 6.45) is 9.73. The van der Waals surface area contributed by atoms with Gasteiger partial charge in [0.05, 0.1) is 17.4 Å². The van der Waals surface area contributed by atoms with Gasteiger partial charge >= 0.3 is 0 Å². The van der Waals surface area contributed by atoms with Crippen LogP contribution in [0, 0.1) is 17.7 Å². The van der Waals surface area contributed by atoms with E-state index in [0.29, 0.717) is 40.3 Å². The predicted octanol–water partition coefficient (Wildman–Crippen LogP) is 5.66. The van der Waals surface area contributed by atoms with Gasteiger partial charge in [0, 0.05) is 48.4 Å². The van der Waals surface area contributed by atoms with E-state index in [1.165, 1.54) is 6.07 Å². The Kier molecular flexibility index (Phi) is 6.58. The van der Waals surface area contributed by atoms with Crippen molar-refractivity contribution in [1.82, 2.24) is 9.97 Å². The molecule has 1 saturated carbocycles. The van der Waals surface area contributed by atoms with Crippen LogP contribution in [0.2, 0.25) is 0 Å². The summed E-state index contributed by atoms with van der Waals surface area (Å²) in [4.78, 5) is 24.7. The zero-order valence-corrected chi connectivity index (χ0v) is 20.9. The van der Waals surface area contributed by atoms with Crippen molar-refractivity contribution >= 4 is 22.4 Å². The van der Waals surface area contributed by atoms with E-state index < -0.39 is 0 Å². The molecule has 1 saturated heterocycles. The molecule has 5 rings (SSSR count). The Hall–Kier alpha value is -2.86. The van der Waals surface area contributed by atoms with E-state index in [1.54, 1.807) is 24.7 Å². The molecule has 2 aliphatic rings. The molecule has 2 fully saturated rings. The minimum absolute atomic E-state index is 0.0687. The molecule has 0 unspecified atom stereocenters. The van der Waals surface area contributed by atoms with Gasteiger partial charge in [0.15, 0.2) is 5.78 Å². The molecule has 6 heteroatoms. The summed E-state index contributed by atoms with van der Waals surface area (Å²) in [7, 11) is 0. The standard InChI is InChI=1S/C29H35FN4O/c1-17-9-20(11-22(31)10-17)24-6-7-32-14-21(24)12-28(35)25-4-5-27(30)26-13-23(15-33-29(25)26)34-16-18(2)8-19(34)3/h4-7,13-15,17-20,22H,8-12,16,31H2,1-3H3/t17-,18+,19+,20+,22-/m0/s1. The topological polar surface area (TPSA) is 72.1 Å². The van der Waals surface area contributed by atoms with Crippen LogP contribution in [0.3, 0.4) is 0 Å². The summed E-state index contributed by atoms with van der Waals surface area (Å²) in [5.41, 5.74) is 10.2. The minimum Gasteiger partial charge on any atom is -0.367 e. The van der Waals surface area contributed by atoms with Gasteiger partial charge in [-0.05, 0) is 85.8 Å². The number of benzene rings is 1. The number of aromatic nitrogens is 2. The molecule has 5 atom stereocenters. The van der Waals surface area contributed by atoms with Gasteiger partial charge in [-0.1, -0.05) is 13.8 Å². The molecule has 1 aromatic carbocycles. The van der Waals surface area contributed by atoms with Crippen molar-refractivity contribution in [3.8, 4) is 0 Å². The van der Waals surface area contributed by atoms with Gasteiger partial charge in [-0.15, -0.1) is 0 Å². The number of pyridine rings is 2. The van der Waals surface area contributed by atoms with Crippen LogP contribution in [0.4, 0.5) is 10.1 Å². The first-order chi connectivity index (χ1) is 16.8. The Morgan fingerprint density at radius 3 is 2.66 bits per heavy atom. The third kappa shape index (κ3) is 4.81. The van der Waals surface area contributed by atoms with Gasteiger partial charge in [-0.25, -0.2) is 4.39 Å². The van der Waals surface area contributed by atoms with Gasteiger partial charge in [-0.3, -0.25) is 14.8 Å². The largest absolute Gasteiger partial charge is 0.367 e. The van der Waals surface area contributed by atoms with Crippen molar-refractivity contribution in [2.45, 2.75) is 70.9 Å². The molecule has 3 heterocycles. The molecular weight excluding hydrogens is 439 g/mol. The number of hydrogen-bond acceptors (Lipinski definition) is 5. The van der Waals surface area contributed by atoms with E-state index in [4.69, 9.17) is 5.73 Å². The van der Waals surface area contributed by atoms with E-state index in [2.05, 4.69) is 35.6 Å². The Bertz CT molecular complexity index is 1230. The average molecular weight is 475 g/mol. The molecule has 1 aliphatic carbocycles. The van der Waals surface area contributed by atoms with Crippen LogP contribution >= 0.6 is 0 Å². The van der Waals surface area contributed by atoms with Crippen molar-refractivity contribution in [3.05, 3.63) is 65.4 Å². The molecule has 1 aliphatic heterocycles. The molecule has 3 aromatic rings. The number of carbonyl (C=O) groups is 1. The van der Waals surface area contributed by atoms with Gasteiger partial charge in [0.1, 0.15) is 5.82 Å². The van der Waals surface area contributed by atoms with Crippen molar-refractivity contribution < 1.29 is 9.18 Å². The molecule has 35 heavy (non-hydrogen) atoms. The number of nitrogens with two attached hydrogens (primary N) is 1. The summed E-state index contributed by atoms with van der Waals surface area (Å²) in [6.45, 7) is 7.60. The maximum atomic E-state index is 14.9. The molecule has 0 amide bonds. The maximum absolute atomic E-state index is 14.9. The summed E-state index contributed by atoms with van der Waals surface area (Å²) >= 11 is 0. The highest BCUT2D eigenvalue weighted by atomic mass is 19.1. The van der Waals surface area contributed by atoms with Gasteiger partial charge in [0.25, 0.3) is 0 Å². The third-order valence-electron chi connectivity index (χ3n) is 7.91. The van der Waals surface area contributed by atoms with Crippen LogP contribution in [0.15, 0.2) is 42.9 Å². The van der Waals surface area contributed by atoms with Crippen molar-refractivity contribution in [2.24, 2.45) is 17.6 Å². The first-order valence-corrected chi connectivity index (χ1v) is 12.9. The zero-order chi connectivity index (χ0) is 24.7. The van der Waals surface area contributed by atoms with Crippen molar-refractivity contribution in [2.75, 3.05) is 11.4 Å². The molecule has 2 N–H and O–H groups in total. The maximum Gasteiger partial charge on any atom is 0.169 e. The predicted molar refractivity (Wildman–Crippen MR) is 138 cm³/mol. The fourth-order valence-electron chi connectivity index (χ4n) is 6.38. The Balaban J connectivity index is 1.45. The lowest BCUT2D eigenvalue weighted by molar-refractivity contribution is 0.0994. The lowest BCUT2D eigenvalue weighted by Crippen LogP contribution is -2.31. The highest BCUT2D eigenvalue weighted by molar-refractivity contribution is 6.08. The number of Topliss-reactive ketones (excluding diaryl/α,β-unsaturated/α-hetero) is 1. The van der Waals surface area contributed by atoms with E-state index in [1.807, 2.05) is 12.1 Å². The van der Waals surface area contributed by atoms with Gasteiger partial charge in [-0.2, -0.15) is 0 Å². The lowest BCUT2D eigenvalue weighted by Gasteiger charge is -2.32. The first-order valence-electron chi connectivity index (χ1n) is 12.9. The highest BCUT2D eigenvalue weighted by Crippen LogP contribution is 2.37. The monoisotopic (exact) mass is 474 g/mol. The summed E-state index contributed by atoms with van der Waals surface area (Å²) < 4.78 is 14.9. The highest BCUT2D eigenvalue weighted by Gasteiger charge is 2.29. The van der Waals surface area contributed by atoms with Crippen LogP contribution in [0.5, 0.6) is 0 Å². The first kappa shape index (κ1) is 23.9. The van der Waals surface area contributed by atoms with Crippen LogP contribution < -0.4 is 10.6 Å². The molecule has 2 aromatic heterocycles. The number of hydrogen-bond donors (Lipinski definition) is 1. The Morgan fingerprint density at radius 2 is 1.91 bits per heavy atom. The van der Waals surface area contributed by atoms with Crippen molar-refractivity contribution in [3.63, 3.8) is 0 Å². The van der Waals surface area contributed by atoms with E-state index in [9.17, 15) is 9.18 Å². The lowest BCUT2D eigenvalue weighted by atomic mass is 9.75. The summed E-state index contributed by atoms with van der Waals surface area (Å²) in [5, 5.41) is 0.401. The number of halogens is 1. The number of nitrogens with zero attached hydrogens (tertiary/aromatic N) is 3. The number of anilines is 1. The smallest absolute Gasteiger partial charge is 0.169 e. The van der Waals surface area contributed by atoms with Crippen LogP contribution in [0.25, 0.3) is 10.9 Å². The minimum atomic E-state index is -0.349. The number of fused-ring (bicyclic) bond motifs is 1. The van der Waals surface area contributed by atoms with Crippen LogP contribution in [-0.4, -0.2) is 34.4 Å². The van der Waals surface area contributed by atoms with E-state index >= 15 is 0 Å². The number of carbonyl (C=O) groups excluding carboxylic acids is 1. The second kappa shape index (κ2) is 9.65. The Labute approximate surface area is 206 Å². The van der Waals surface area contributed by atoms with E-state index in [-0.39, 0.29) is 24.1 Å². The van der Waals surface area contributed by atoms with Crippen LogP contribution in [-0.2, 0) is 6.42 Å². The molecular formula is C29H35FN4O. The summed E-state index contributed by atoms with van der Waals surface area (Å²) in [5.74, 6) is 1.06. The third-order valence-corrected chi connectivity index (χ3v) is 7.91. The summed E-state index contributed by atoms with van der Waals surface area (Å²) in [6, 6.07) is 7.41. The fourth-order valence-corrected chi connectivity index (χ4v) is 6.38. The quantitative estimate of drug-likeness (QED) is 0.483. The SMILES string of the molecule is C[C@@H]1C[C@H](N)C[C@H](c2ccncc2CC(=O)c2ccc(F)c3cc(N4C[C@H](C)C[C@H]4C)cnc23)C1. The molecule has 0 spiro atoms. The molecule has 0 bridgehead atoms. The molecule has 5 nitrogen and oxygen atoms in total. The van der Waals surface area contributed by atoms with Gasteiger partial charge < -0.3 is 10.6 Å². The number of ketones is 1. The van der Waals surface area contributed by atoms with E-state index in [0.717, 1.165) is 49.0 Å². The second-order valence-electron chi connectivity index (χ2n) is 11.0. The average Bonchev–Trinajstić information content (AvgIpc) is 3.16. The molecule has 0 radical (unpaired) electrons. The van der Waals surface area contributed by atoms with Crippen molar-refractivity contribution in [1.29, 1.82) is 0 Å². The second-order valence-corrected chi connectivity index (χ2v) is 11.0.